The number of hydrogen-bond acceptors (Lipinski definition) is 2. The van der Waals surface area contributed by atoms with Crippen molar-refractivity contribution < 1.29 is 5.11 Å². The lowest BCUT2D eigenvalue weighted by atomic mass is 9.86. The molecule has 1 aliphatic heterocycles. The molecule has 2 aromatic rings. The van der Waals surface area contributed by atoms with Crippen LogP contribution in [0, 0.1) is 0 Å². The molecule has 106 valence electrons. The maximum absolute atomic E-state index is 11.5. The van der Waals surface area contributed by atoms with Gasteiger partial charge in [-0.15, -0.1) is 0 Å². The Morgan fingerprint density at radius 3 is 2.76 bits per heavy atom. The van der Waals surface area contributed by atoms with E-state index in [1.54, 1.807) is 0 Å². The lowest BCUT2D eigenvalue weighted by Gasteiger charge is -2.46. The van der Waals surface area contributed by atoms with Crippen molar-refractivity contribution in [2.45, 2.75) is 25.0 Å². The molecule has 1 aliphatic carbocycles. The second-order valence-electron chi connectivity index (χ2n) is 5.89. The van der Waals surface area contributed by atoms with E-state index >= 15 is 0 Å². The first-order valence-corrected chi connectivity index (χ1v) is 7.63. The summed E-state index contributed by atoms with van der Waals surface area (Å²) in [4.78, 5) is 2.19. The molecular formula is C19H19NO. The number of para-hydroxylation sites is 1. The third-order valence-corrected chi connectivity index (χ3v) is 4.65. The molecule has 1 N–H and O–H groups in total. The maximum Gasteiger partial charge on any atom is 0.168 e. The third kappa shape index (κ3) is 1.90. The van der Waals surface area contributed by atoms with Gasteiger partial charge in [-0.25, -0.2) is 0 Å². The predicted octanol–water partition coefficient (Wildman–Crippen LogP) is 3.70. The van der Waals surface area contributed by atoms with Gasteiger partial charge in [0.1, 0.15) is 0 Å². The quantitative estimate of drug-likeness (QED) is 0.859. The van der Waals surface area contributed by atoms with E-state index in [1.807, 2.05) is 12.1 Å². The van der Waals surface area contributed by atoms with Gasteiger partial charge in [0.2, 0.25) is 0 Å². The Kier molecular flexibility index (Phi) is 2.86. The van der Waals surface area contributed by atoms with Crippen LogP contribution in [0.25, 0.3) is 6.08 Å². The zero-order chi connectivity index (χ0) is 14.3. The van der Waals surface area contributed by atoms with Gasteiger partial charge in [-0.2, -0.15) is 0 Å². The first-order valence-electron chi connectivity index (χ1n) is 7.63. The molecule has 0 aromatic heterocycles. The number of aliphatic hydroxyl groups is 1. The minimum atomic E-state index is -0.929. The summed E-state index contributed by atoms with van der Waals surface area (Å²) >= 11 is 0. The molecule has 0 saturated heterocycles. The van der Waals surface area contributed by atoms with Crippen molar-refractivity contribution in [2.24, 2.45) is 0 Å². The first kappa shape index (κ1) is 12.7. The topological polar surface area (TPSA) is 23.5 Å². The molecule has 2 aromatic carbocycles. The van der Waals surface area contributed by atoms with Crippen molar-refractivity contribution in [3.05, 3.63) is 71.3 Å². The molecule has 2 heteroatoms. The van der Waals surface area contributed by atoms with Crippen LogP contribution in [0.4, 0.5) is 5.69 Å². The van der Waals surface area contributed by atoms with Crippen molar-refractivity contribution in [2.75, 3.05) is 11.4 Å². The summed E-state index contributed by atoms with van der Waals surface area (Å²) in [5.74, 6) is 0. The van der Waals surface area contributed by atoms with Gasteiger partial charge in [0.15, 0.2) is 5.72 Å². The van der Waals surface area contributed by atoms with Crippen LogP contribution in [-0.2, 0) is 12.1 Å². The van der Waals surface area contributed by atoms with Crippen molar-refractivity contribution >= 4 is 11.8 Å². The van der Waals surface area contributed by atoms with Gasteiger partial charge < -0.3 is 10.0 Å². The molecule has 21 heavy (non-hydrogen) atoms. The van der Waals surface area contributed by atoms with Gasteiger partial charge in [-0.1, -0.05) is 54.6 Å². The van der Waals surface area contributed by atoms with Crippen LogP contribution in [0.15, 0.2) is 54.6 Å². The minimum Gasteiger partial charge on any atom is -0.366 e. The molecule has 0 spiro atoms. The van der Waals surface area contributed by atoms with E-state index in [1.165, 1.54) is 11.3 Å². The van der Waals surface area contributed by atoms with Crippen molar-refractivity contribution in [1.82, 2.24) is 0 Å². The lowest BCUT2D eigenvalue weighted by Crippen LogP contribution is -2.49. The second kappa shape index (κ2) is 4.74. The fourth-order valence-corrected chi connectivity index (χ4v) is 3.64. The normalized spacial score (nSPS) is 23.6. The Balaban J connectivity index is 1.86. The monoisotopic (exact) mass is 277 g/mol. The molecule has 0 saturated carbocycles. The van der Waals surface area contributed by atoms with Gasteiger partial charge in [0.05, 0.1) is 0 Å². The Hall–Kier alpha value is -2.06. The Morgan fingerprint density at radius 2 is 1.81 bits per heavy atom. The van der Waals surface area contributed by atoms with E-state index in [0.29, 0.717) is 6.42 Å². The smallest absolute Gasteiger partial charge is 0.168 e. The number of fused-ring (bicyclic) bond motifs is 2. The summed E-state index contributed by atoms with van der Waals surface area (Å²) in [6, 6.07) is 16.6. The Labute approximate surface area is 125 Å². The Morgan fingerprint density at radius 1 is 1.00 bits per heavy atom. The molecule has 2 aliphatic rings. The molecule has 0 amide bonds. The van der Waals surface area contributed by atoms with Crippen LogP contribution in [-0.4, -0.2) is 11.7 Å². The van der Waals surface area contributed by atoms with Crippen LogP contribution in [0.5, 0.6) is 0 Å². The highest BCUT2D eigenvalue weighted by molar-refractivity contribution is 5.64. The predicted molar refractivity (Wildman–Crippen MR) is 86.1 cm³/mol. The van der Waals surface area contributed by atoms with Crippen LogP contribution >= 0.6 is 0 Å². The van der Waals surface area contributed by atoms with Gasteiger partial charge in [-0.05, 0) is 30.0 Å². The van der Waals surface area contributed by atoms with Crippen LogP contribution < -0.4 is 4.90 Å². The third-order valence-electron chi connectivity index (χ3n) is 4.65. The fraction of sp³-hybridized carbons (Fsp3) is 0.263. The van der Waals surface area contributed by atoms with E-state index in [4.69, 9.17) is 0 Å². The highest BCUT2D eigenvalue weighted by Gasteiger charge is 2.40. The zero-order valence-corrected chi connectivity index (χ0v) is 12.0. The Bertz CT molecular complexity index is 706. The van der Waals surface area contributed by atoms with E-state index in [0.717, 1.165) is 30.5 Å². The summed E-state index contributed by atoms with van der Waals surface area (Å²) in [6.45, 7) is 0.898. The van der Waals surface area contributed by atoms with Gasteiger partial charge in [0.25, 0.3) is 0 Å². The highest BCUT2D eigenvalue weighted by atomic mass is 16.3. The van der Waals surface area contributed by atoms with Gasteiger partial charge in [-0.3, -0.25) is 0 Å². The summed E-state index contributed by atoms with van der Waals surface area (Å²) in [5.41, 5.74) is 3.72. The molecule has 2 nitrogen and oxygen atoms in total. The standard InChI is InChI=1S/C19H19NO/c21-19(13-5-9-15-7-1-3-11-17(15)19)20-14-6-10-16-8-2-4-12-18(16)20/h1-5,7-9,11-12,21H,6,10,13-14H2. The van der Waals surface area contributed by atoms with Crippen molar-refractivity contribution in [3.8, 4) is 0 Å². The van der Waals surface area contributed by atoms with Crippen molar-refractivity contribution in [3.63, 3.8) is 0 Å². The largest absolute Gasteiger partial charge is 0.366 e. The van der Waals surface area contributed by atoms with Crippen molar-refractivity contribution in [1.29, 1.82) is 0 Å². The molecule has 4 rings (SSSR count). The number of hydrogen-bond donors (Lipinski definition) is 1. The summed E-state index contributed by atoms with van der Waals surface area (Å²) in [6.07, 6.45) is 7.02. The molecule has 0 fully saturated rings. The van der Waals surface area contributed by atoms with Crippen LogP contribution in [0.3, 0.4) is 0 Å². The van der Waals surface area contributed by atoms with Gasteiger partial charge >= 0.3 is 0 Å². The summed E-state index contributed by atoms with van der Waals surface area (Å²) < 4.78 is 0. The minimum absolute atomic E-state index is 0.637. The molecule has 1 unspecified atom stereocenters. The zero-order valence-electron chi connectivity index (χ0n) is 12.0. The maximum atomic E-state index is 11.5. The number of aryl methyl sites for hydroxylation is 1. The number of anilines is 1. The lowest BCUT2D eigenvalue weighted by molar-refractivity contribution is 0.0326. The van der Waals surface area contributed by atoms with Gasteiger partial charge in [0, 0.05) is 24.2 Å². The van der Waals surface area contributed by atoms with E-state index < -0.39 is 5.72 Å². The molecular weight excluding hydrogens is 258 g/mol. The second-order valence-corrected chi connectivity index (χ2v) is 5.89. The highest BCUT2D eigenvalue weighted by Crippen LogP contribution is 2.42. The molecule has 1 heterocycles. The summed E-state index contributed by atoms with van der Waals surface area (Å²) in [7, 11) is 0. The fourth-order valence-electron chi connectivity index (χ4n) is 3.64. The molecule has 1 atom stereocenters. The molecule has 0 radical (unpaired) electrons. The molecule has 0 bridgehead atoms. The van der Waals surface area contributed by atoms with E-state index in [-0.39, 0.29) is 0 Å². The van der Waals surface area contributed by atoms with E-state index in [9.17, 15) is 5.11 Å². The average molecular weight is 277 g/mol. The number of benzene rings is 2. The SMILES string of the molecule is OC1(N2CCCc3ccccc32)CC=Cc2ccccc21. The number of nitrogens with zero attached hydrogens (tertiary/aromatic N) is 1. The van der Waals surface area contributed by atoms with Crippen LogP contribution in [0.2, 0.25) is 0 Å². The number of rotatable bonds is 1. The first-order chi connectivity index (χ1) is 10.3. The van der Waals surface area contributed by atoms with E-state index in [2.05, 4.69) is 53.5 Å². The average Bonchev–Trinajstić information content (AvgIpc) is 2.55. The van der Waals surface area contributed by atoms with Crippen LogP contribution in [0.1, 0.15) is 29.5 Å². The summed E-state index contributed by atoms with van der Waals surface area (Å²) in [5, 5.41) is 11.5.